The van der Waals surface area contributed by atoms with Crippen LogP contribution in [0.25, 0.3) is 0 Å². The van der Waals surface area contributed by atoms with Crippen molar-refractivity contribution in [2.24, 2.45) is 0 Å². The molecular weight excluding hydrogens is 901 g/mol. The highest BCUT2D eigenvalue weighted by atomic mass is 16.6. The maximum atomic E-state index is 12.8. The van der Waals surface area contributed by atoms with Crippen molar-refractivity contribution >= 4 is 17.9 Å². The molecular formula is C67H118O6. The lowest BCUT2D eigenvalue weighted by molar-refractivity contribution is -0.166. The van der Waals surface area contributed by atoms with Gasteiger partial charge in [-0.3, -0.25) is 14.4 Å². The number of carbonyl (C=O) groups excluding carboxylic acids is 3. The highest BCUT2D eigenvalue weighted by molar-refractivity contribution is 5.71. The normalized spacial score (nSPS) is 12.5. The van der Waals surface area contributed by atoms with Crippen molar-refractivity contribution in [1.29, 1.82) is 0 Å². The molecule has 6 heteroatoms. The number of hydrogen-bond donors (Lipinski definition) is 0. The molecule has 0 aliphatic rings. The molecule has 0 aromatic carbocycles. The summed E-state index contributed by atoms with van der Waals surface area (Å²) in [5.74, 6) is -0.975. The molecule has 1 atom stereocenters. The molecule has 0 aliphatic heterocycles. The van der Waals surface area contributed by atoms with Gasteiger partial charge >= 0.3 is 17.9 Å². The number of ether oxygens (including phenoxy) is 3. The number of esters is 3. The van der Waals surface area contributed by atoms with Crippen LogP contribution in [0.5, 0.6) is 0 Å². The number of rotatable bonds is 57. The van der Waals surface area contributed by atoms with Crippen LogP contribution in [-0.2, 0) is 28.6 Å². The molecule has 0 rings (SSSR count). The molecule has 6 nitrogen and oxygen atoms in total. The maximum Gasteiger partial charge on any atom is 0.306 e. The topological polar surface area (TPSA) is 78.9 Å². The Morgan fingerprint density at radius 1 is 0.288 bits per heavy atom. The van der Waals surface area contributed by atoms with Crippen LogP contribution in [0.3, 0.4) is 0 Å². The monoisotopic (exact) mass is 1020 g/mol. The first-order chi connectivity index (χ1) is 36.0. The van der Waals surface area contributed by atoms with Crippen LogP contribution < -0.4 is 0 Å². The van der Waals surface area contributed by atoms with E-state index in [4.69, 9.17) is 14.2 Å². The molecule has 0 saturated carbocycles. The molecule has 0 radical (unpaired) electrons. The van der Waals surface area contributed by atoms with E-state index >= 15 is 0 Å². The van der Waals surface area contributed by atoms with Gasteiger partial charge in [0.15, 0.2) is 6.10 Å². The van der Waals surface area contributed by atoms with Gasteiger partial charge in [-0.2, -0.15) is 0 Å². The van der Waals surface area contributed by atoms with Gasteiger partial charge < -0.3 is 14.2 Å². The number of allylic oxidation sites excluding steroid dienone is 12. The lowest BCUT2D eigenvalue weighted by atomic mass is 10.0. The summed E-state index contributed by atoms with van der Waals surface area (Å²) in [5, 5.41) is 0. The molecule has 0 spiro atoms. The van der Waals surface area contributed by atoms with Crippen molar-refractivity contribution in [3.05, 3.63) is 72.9 Å². The Morgan fingerprint density at radius 2 is 0.562 bits per heavy atom. The van der Waals surface area contributed by atoms with Gasteiger partial charge in [-0.1, -0.05) is 293 Å². The van der Waals surface area contributed by atoms with E-state index in [1.165, 1.54) is 199 Å². The average Bonchev–Trinajstić information content (AvgIpc) is 3.39. The van der Waals surface area contributed by atoms with E-state index in [-0.39, 0.29) is 37.5 Å². The smallest absolute Gasteiger partial charge is 0.306 e. The SMILES string of the molecule is CC/C=C\C/C=C\C/C=C\C/C=C\CCC(=O)OC(COC(=O)CCCCCCCCCCC)COC(=O)CCCCCCCCCCCCCCCCCCCCCCC/C=C\C/C=C\CCCCCCC. The maximum absolute atomic E-state index is 12.8. The Morgan fingerprint density at radius 3 is 0.890 bits per heavy atom. The van der Waals surface area contributed by atoms with Crippen LogP contribution in [0.4, 0.5) is 0 Å². The summed E-state index contributed by atoms with van der Waals surface area (Å²) in [4.78, 5) is 38.0. The molecule has 0 N–H and O–H groups in total. The Hall–Kier alpha value is -3.15. The van der Waals surface area contributed by atoms with Crippen molar-refractivity contribution in [2.45, 2.75) is 322 Å². The Kier molecular flexibility index (Phi) is 58.7. The second-order valence-electron chi connectivity index (χ2n) is 20.9. The molecule has 73 heavy (non-hydrogen) atoms. The Labute approximate surface area is 453 Å². The van der Waals surface area contributed by atoms with Gasteiger partial charge in [-0.15, -0.1) is 0 Å². The minimum Gasteiger partial charge on any atom is -0.462 e. The summed E-state index contributed by atoms with van der Waals surface area (Å²) in [6, 6.07) is 0. The van der Waals surface area contributed by atoms with Gasteiger partial charge in [0, 0.05) is 19.3 Å². The molecule has 0 aliphatic carbocycles. The van der Waals surface area contributed by atoms with Crippen LogP contribution in [0.2, 0.25) is 0 Å². The molecule has 0 aromatic rings. The van der Waals surface area contributed by atoms with E-state index in [9.17, 15) is 14.4 Å². The summed E-state index contributed by atoms with van der Waals surface area (Å²) < 4.78 is 16.7. The molecule has 0 fully saturated rings. The van der Waals surface area contributed by atoms with E-state index in [1.54, 1.807) is 0 Å². The zero-order valence-corrected chi connectivity index (χ0v) is 48.4. The first-order valence-electron chi connectivity index (χ1n) is 31.4. The summed E-state index contributed by atoms with van der Waals surface area (Å²) in [7, 11) is 0. The first-order valence-corrected chi connectivity index (χ1v) is 31.4. The van der Waals surface area contributed by atoms with Crippen LogP contribution in [0.15, 0.2) is 72.9 Å². The third kappa shape index (κ3) is 59.6. The Balaban J connectivity index is 4.03. The van der Waals surface area contributed by atoms with Gasteiger partial charge in [0.05, 0.1) is 0 Å². The zero-order valence-electron chi connectivity index (χ0n) is 48.4. The summed E-state index contributed by atoms with van der Waals surface area (Å²) in [5.41, 5.74) is 0. The molecule has 0 bridgehead atoms. The van der Waals surface area contributed by atoms with Crippen LogP contribution >= 0.6 is 0 Å². The summed E-state index contributed by atoms with van der Waals surface area (Å²) >= 11 is 0. The Bertz CT molecular complexity index is 1360. The van der Waals surface area contributed by atoms with E-state index in [2.05, 4.69) is 87.6 Å². The third-order valence-electron chi connectivity index (χ3n) is 13.7. The van der Waals surface area contributed by atoms with Gasteiger partial charge in [-0.25, -0.2) is 0 Å². The van der Waals surface area contributed by atoms with Crippen molar-refractivity contribution in [3.63, 3.8) is 0 Å². The fourth-order valence-electron chi connectivity index (χ4n) is 9.02. The first kappa shape index (κ1) is 69.8. The fraction of sp³-hybridized carbons (Fsp3) is 0.776. The molecule has 0 heterocycles. The van der Waals surface area contributed by atoms with Crippen molar-refractivity contribution < 1.29 is 28.6 Å². The van der Waals surface area contributed by atoms with E-state index < -0.39 is 6.10 Å². The van der Waals surface area contributed by atoms with Gasteiger partial charge in [0.25, 0.3) is 0 Å². The number of carbonyl (C=O) groups is 3. The quantitative estimate of drug-likeness (QED) is 0.0261. The predicted octanol–water partition coefficient (Wildman–Crippen LogP) is 21.3. The van der Waals surface area contributed by atoms with E-state index in [1.807, 2.05) is 6.08 Å². The standard InChI is InChI=1S/C67H118O6/c1-4-7-10-13-16-19-21-23-24-25-26-27-28-29-30-31-32-33-34-35-36-37-38-39-40-41-42-44-45-48-51-54-57-60-66(69)72-63-64(62-71-65(68)59-56-53-50-47-18-15-12-9-6-3)73-67(70)61-58-55-52-49-46-43-22-20-17-14-11-8-5-2/h8,11,17,20-21,23,25-26,43,46,52,55,64H,4-7,9-10,12-16,18-19,22,24,27-42,44-45,47-51,53-54,56-63H2,1-3H3/b11-8-,20-17-,23-21-,26-25-,46-43-,55-52-. The van der Waals surface area contributed by atoms with Crippen molar-refractivity contribution in [1.82, 2.24) is 0 Å². The van der Waals surface area contributed by atoms with Gasteiger partial charge in [-0.05, 0) is 77.0 Å². The lowest BCUT2D eigenvalue weighted by Gasteiger charge is -2.18. The second-order valence-corrected chi connectivity index (χ2v) is 20.9. The average molecular weight is 1020 g/mol. The fourth-order valence-corrected chi connectivity index (χ4v) is 9.02. The predicted molar refractivity (Wildman–Crippen MR) is 316 cm³/mol. The van der Waals surface area contributed by atoms with E-state index in [0.29, 0.717) is 19.3 Å². The molecule has 1 unspecified atom stereocenters. The van der Waals surface area contributed by atoms with Gasteiger partial charge in [0.2, 0.25) is 0 Å². The second kappa shape index (κ2) is 61.4. The highest BCUT2D eigenvalue weighted by Crippen LogP contribution is 2.17. The van der Waals surface area contributed by atoms with E-state index in [0.717, 1.165) is 70.6 Å². The number of unbranched alkanes of at least 4 members (excludes halogenated alkanes) is 34. The summed E-state index contributed by atoms with van der Waals surface area (Å²) in [6.07, 6.45) is 79.6. The van der Waals surface area contributed by atoms with Gasteiger partial charge in [0.1, 0.15) is 13.2 Å². The molecule has 0 saturated heterocycles. The molecule has 0 aromatic heterocycles. The van der Waals surface area contributed by atoms with Crippen LogP contribution in [0.1, 0.15) is 316 Å². The van der Waals surface area contributed by atoms with Crippen molar-refractivity contribution in [2.75, 3.05) is 13.2 Å². The minimum atomic E-state index is -0.809. The lowest BCUT2D eigenvalue weighted by Crippen LogP contribution is -2.30. The van der Waals surface area contributed by atoms with Crippen LogP contribution in [0, 0.1) is 0 Å². The molecule has 422 valence electrons. The highest BCUT2D eigenvalue weighted by Gasteiger charge is 2.19. The largest absolute Gasteiger partial charge is 0.462 e. The third-order valence-corrected chi connectivity index (χ3v) is 13.7. The van der Waals surface area contributed by atoms with Crippen molar-refractivity contribution in [3.8, 4) is 0 Å². The minimum absolute atomic E-state index is 0.100. The number of hydrogen-bond acceptors (Lipinski definition) is 6. The zero-order chi connectivity index (χ0) is 52.9. The summed E-state index contributed by atoms with van der Waals surface area (Å²) in [6.45, 7) is 6.45. The molecule has 0 amide bonds. The van der Waals surface area contributed by atoms with Crippen LogP contribution in [-0.4, -0.2) is 37.2 Å².